The molecule has 176 valence electrons. The van der Waals surface area contributed by atoms with E-state index in [9.17, 15) is 4.79 Å². The van der Waals surface area contributed by atoms with Gasteiger partial charge in [0.1, 0.15) is 0 Å². The molecule has 5 rings (SSSR count). The van der Waals surface area contributed by atoms with E-state index in [2.05, 4.69) is 49.3 Å². The molecule has 0 unspecified atom stereocenters. The van der Waals surface area contributed by atoms with Crippen LogP contribution in [0.5, 0.6) is 0 Å². The van der Waals surface area contributed by atoms with Gasteiger partial charge in [-0.25, -0.2) is 4.98 Å². The molecular weight excluding hydrogens is 428 g/mol. The maximum absolute atomic E-state index is 14.5. The molecule has 1 spiro atoms. The highest BCUT2D eigenvalue weighted by Crippen LogP contribution is 2.49. The standard InChI is InChI=1S/C28H36N2O2S/c1-19(2)18-33-26-29-24-22-11-7-6-10-20(22)16-28(13-8-5-9-14-28)23(24)25(31)30(26)21-12-15-32-27(3,4)17-21/h6-7,10-11,21H,1,5,8-9,12-18H2,2-4H3/t21-/m0/s1. The van der Waals surface area contributed by atoms with E-state index in [1.807, 2.05) is 6.92 Å². The van der Waals surface area contributed by atoms with Crippen molar-refractivity contribution in [2.45, 2.75) is 94.4 Å². The number of fused-ring (bicyclic) bond motifs is 4. The lowest BCUT2D eigenvalue weighted by Crippen LogP contribution is -2.45. The van der Waals surface area contributed by atoms with Crippen LogP contribution in [0.25, 0.3) is 11.3 Å². The minimum Gasteiger partial charge on any atom is -0.375 e. The first kappa shape index (κ1) is 22.9. The van der Waals surface area contributed by atoms with Gasteiger partial charge in [0.2, 0.25) is 0 Å². The smallest absolute Gasteiger partial charge is 0.258 e. The zero-order valence-electron chi connectivity index (χ0n) is 20.3. The third kappa shape index (κ3) is 4.23. The highest BCUT2D eigenvalue weighted by molar-refractivity contribution is 7.99. The summed E-state index contributed by atoms with van der Waals surface area (Å²) in [4.78, 5) is 19.8. The van der Waals surface area contributed by atoms with E-state index in [-0.39, 0.29) is 22.6 Å². The van der Waals surface area contributed by atoms with Gasteiger partial charge in [0, 0.05) is 29.4 Å². The average molecular weight is 465 g/mol. The van der Waals surface area contributed by atoms with Crippen LogP contribution in [0, 0.1) is 0 Å². The number of benzene rings is 1. The Labute approximate surface area is 201 Å². The number of rotatable bonds is 4. The molecule has 1 saturated heterocycles. The fourth-order valence-electron chi connectivity index (χ4n) is 6.23. The molecule has 33 heavy (non-hydrogen) atoms. The molecule has 2 aliphatic carbocycles. The third-order valence-corrected chi connectivity index (χ3v) is 8.89. The van der Waals surface area contributed by atoms with Crippen LogP contribution < -0.4 is 5.56 Å². The Balaban J connectivity index is 1.74. The van der Waals surface area contributed by atoms with Gasteiger partial charge in [-0.3, -0.25) is 9.36 Å². The second-order valence-corrected chi connectivity index (χ2v) is 11.9. The van der Waals surface area contributed by atoms with Crippen LogP contribution in [0.2, 0.25) is 0 Å². The highest BCUT2D eigenvalue weighted by atomic mass is 32.2. The number of thioether (sulfide) groups is 1. The van der Waals surface area contributed by atoms with Gasteiger partial charge in [-0.1, -0.05) is 67.4 Å². The summed E-state index contributed by atoms with van der Waals surface area (Å²) in [5.41, 5.74) is 5.41. The van der Waals surface area contributed by atoms with Gasteiger partial charge in [0.25, 0.3) is 5.56 Å². The van der Waals surface area contributed by atoms with E-state index < -0.39 is 0 Å². The Morgan fingerprint density at radius 1 is 1.24 bits per heavy atom. The van der Waals surface area contributed by atoms with Crippen LogP contribution in [0.1, 0.15) is 82.9 Å². The number of ether oxygens (including phenoxy) is 1. The lowest BCUT2D eigenvalue weighted by molar-refractivity contribution is -0.0710. The summed E-state index contributed by atoms with van der Waals surface area (Å²) in [5, 5.41) is 0.840. The molecule has 3 aliphatic rings. The van der Waals surface area contributed by atoms with E-state index in [1.54, 1.807) is 11.8 Å². The monoisotopic (exact) mass is 464 g/mol. The highest BCUT2D eigenvalue weighted by Gasteiger charge is 2.44. The Morgan fingerprint density at radius 3 is 2.73 bits per heavy atom. The first-order chi connectivity index (χ1) is 15.8. The number of nitrogens with zero attached hydrogens (tertiary/aromatic N) is 2. The van der Waals surface area contributed by atoms with Gasteiger partial charge < -0.3 is 4.74 Å². The molecule has 1 atom stereocenters. The van der Waals surface area contributed by atoms with Gasteiger partial charge in [-0.05, 0) is 58.4 Å². The lowest BCUT2D eigenvalue weighted by Gasteiger charge is -2.43. The normalized spacial score (nSPS) is 23.1. The summed E-state index contributed by atoms with van der Waals surface area (Å²) >= 11 is 1.66. The van der Waals surface area contributed by atoms with Crippen molar-refractivity contribution in [2.24, 2.45) is 0 Å². The molecule has 0 N–H and O–H groups in total. The minimum atomic E-state index is -0.232. The number of hydrogen-bond acceptors (Lipinski definition) is 4. The van der Waals surface area contributed by atoms with Crippen molar-refractivity contribution >= 4 is 11.8 Å². The van der Waals surface area contributed by atoms with Gasteiger partial charge in [-0.15, -0.1) is 0 Å². The molecule has 4 nitrogen and oxygen atoms in total. The topological polar surface area (TPSA) is 44.1 Å². The van der Waals surface area contributed by atoms with E-state index in [0.717, 1.165) is 65.4 Å². The second kappa shape index (κ2) is 8.74. The summed E-state index contributed by atoms with van der Waals surface area (Å²) in [6.45, 7) is 11.1. The lowest BCUT2D eigenvalue weighted by atomic mass is 9.62. The van der Waals surface area contributed by atoms with E-state index in [0.29, 0.717) is 6.61 Å². The van der Waals surface area contributed by atoms with Crippen LogP contribution in [0.4, 0.5) is 0 Å². The minimum absolute atomic E-state index is 0.0774. The first-order valence-electron chi connectivity index (χ1n) is 12.5. The molecule has 1 aliphatic heterocycles. The summed E-state index contributed by atoms with van der Waals surface area (Å²) in [6, 6.07) is 8.72. The van der Waals surface area contributed by atoms with Crippen molar-refractivity contribution in [3.05, 3.63) is 57.9 Å². The van der Waals surface area contributed by atoms with Gasteiger partial charge in [0.05, 0.1) is 16.9 Å². The Bertz CT molecular complexity index is 1130. The molecule has 0 radical (unpaired) electrons. The maximum atomic E-state index is 14.5. The van der Waals surface area contributed by atoms with Crippen LogP contribution in [-0.2, 0) is 16.6 Å². The summed E-state index contributed by atoms with van der Waals surface area (Å²) in [5.74, 6) is 0.768. The van der Waals surface area contributed by atoms with E-state index in [1.165, 1.54) is 24.8 Å². The quantitative estimate of drug-likeness (QED) is 0.296. The van der Waals surface area contributed by atoms with Crippen LogP contribution >= 0.6 is 11.8 Å². The Kier molecular flexibility index (Phi) is 6.07. The van der Waals surface area contributed by atoms with E-state index >= 15 is 0 Å². The van der Waals surface area contributed by atoms with Crippen molar-refractivity contribution in [1.29, 1.82) is 0 Å². The van der Waals surface area contributed by atoms with Gasteiger partial charge in [0.15, 0.2) is 5.16 Å². The summed E-state index contributed by atoms with van der Waals surface area (Å²) < 4.78 is 8.06. The first-order valence-corrected chi connectivity index (χ1v) is 13.4. The molecule has 2 fully saturated rings. The molecular formula is C28H36N2O2S. The van der Waals surface area contributed by atoms with Crippen LogP contribution in [0.3, 0.4) is 0 Å². The predicted octanol–water partition coefficient (Wildman–Crippen LogP) is 6.47. The summed E-state index contributed by atoms with van der Waals surface area (Å²) in [6.07, 6.45) is 8.47. The van der Waals surface area contributed by atoms with Gasteiger partial charge >= 0.3 is 0 Å². The number of aromatic nitrogens is 2. The fraction of sp³-hybridized carbons (Fsp3) is 0.571. The van der Waals surface area contributed by atoms with Crippen molar-refractivity contribution < 1.29 is 4.74 Å². The third-order valence-electron chi connectivity index (χ3n) is 7.71. The fourth-order valence-corrected chi connectivity index (χ4v) is 7.13. The van der Waals surface area contributed by atoms with Crippen LogP contribution in [0.15, 0.2) is 46.4 Å². The molecule has 2 heterocycles. The molecule has 1 aromatic heterocycles. The molecule has 1 aromatic carbocycles. The Morgan fingerprint density at radius 2 is 2.00 bits per heavy atom. The summed E-state index contributed by atoms with van der Waals surface area (Å²) in [7, 11) is 0. The molecule has 5 heteroatoms. The largest absolute Gasteiger partial charge is 0.375 e. The zero-order valence-corrected chi connectivity index (χ0v) is 21.1. The van der Waals surface area contributed by atoms with Crippen molar-refractivity contribution in [2.75, 3.05) is 12.4 Å². The van der Waals surface area contributed by atoms with E-state index in [4.69, 9.17) is 9.72 Å². The maximum Gasteiger partial charge on any atom is 0.258 e. The number of hydrogen-bond donors (Lipinski definition) is 0. The zero-order chi connectivity index (χ0) is 23.2. The second-order valence-electron chi connectivity index (χ2n) is 11.0. The van der Waals surface area contributed by atoms with Crippen molar-refractivity contribution in [3.63, 3.8) is 0 Å². The molecule has 0 amide bonds. The SMILES string of the molecule is C=C(C)CSc1nc2c(c(=O)n1[C@H]1CCOC(C)(C)C1)C1(CCCCC1)Cc1ccccc1-2. The Hall–Kier alpha value is -1.85. The van der Waals surface area contributed by atoms with Crippen LogP contribution in [-0.4, -0.2) is 27.5 Å². The molecule has 1 saturated carbocycles. The predicted molar refractivity (Wildman–Crippen MR) is 136 cm³/mol. The van der Waals surface area contributed by atoms with Crippen molar-refractivity contribution in [1.82, 2.24) is 9.55 Å². The average Bonchev–Trinajstić information content (AvgIpc) is 2.77. The molecule has 2 aromatic rings. The molecule has 0 bridgehead atoms. The van der Waals surface area contributed by atoms with Gasteiger partial charge in [-0.2, -0.15) is 0 Å². The van der Waals surface area contributed by atoms with Crippen molar-refractivity contribution in [3.8, 4) is 11.3 Å².